The maximum atomic E-state index is 13.8. The SMILES string of the molecule is CCOC(=O)c1c(S(=O)(=O)N2CCC[C@H](C(=O)Nc3cccc(C)c3C)C2)c(C)n(CC)c1C. The van der Waals surface area contributed by atoms with Crippen molar-refractivity contribution in [2.24, 2.45) is 5.92 Å². The maximum absolute atomic E-state index is 13.8. The molecule has 2 aromatic rings. The number of hydrogen-bond acceptors (Lipinski definition) is 5. The normalized spacial score (nSPS) is 16.9. The van der Waals surface area contributed by atoms with Gasteiger partial charge >= 0.3 is 5.97 Å². The molecule has 2 heterocycles. The Hall–Kier alpha value is -2.65. The number of nitrogens with one attached hydrogen (secondary N) is 1. The number of hydrogen-bond donors (Lipinski definition) is 1. The number of ether oxygens (including phenoxy) is 1. The van der Waals surface area contributed by atoms with E-state index >= 15 is 0 Å². The summed E-state index contributed by atoms with van der Waals surface area (Å²) in [5.74, 6) is -1.32. The number of carbonyl (C=O) groups is 2. The summed E-state index contributed by atoms with van der Waals surface area (Å²) in [6.07, 6.45) is 1.16. The van der Waals surface area contributed by atoms with Crippen LogP contribution in [0, 0.1) is 33.6 Å². The third-order valence-corrected chi connectivity index (χ3v) is 8.77. The lowest BCUT2D eigenvalue weighted by Gasteiger charge is -2.31. The van der Waals surface area contributed by atoms with E-state index in [9.17, 15) is 18.0 Å². The number of amides is 1. The molecule has 1 aliphatic heterocycles. The molecule has 9 heteroatoms. The van der Waals surface area contributed by atoms with E-state index in [2.05, 4.69) is 5.32 Å². The van der Waals surface area contributed by atoms with Crippen molar-refractivity contribution in [3.63, 3.8) is 0 Å². The van der Waals surface area contributed by atoms with Gasteiger partial charge < -0.3 is 14.6 Å². The van der Waals surface area contributed by atoms with E-state index in [1.807, 2.05) is 43.5 Å². The third kappa shape index (κ3) is 4.77. The van der Waals surface area contributed by atoms with Gasteiger partial charge in [0.2, 0.25) is 15.9 Å². The number of carbonyl (C=O) groups excluding carboxylic acids is 2. The minimum absolute atomic E-state index is 0.0131. The smallest absolute Gasteiger partial charge is 0.341 e. The van der Waals surface area contributed by atoms with Crippen LogP contribution in [0.2, 0.25) is 0 Å². The fraction of sp³-hybridized carbons (Fsp3) is 0.520. The molecular formula is C25H35N3O5S. The quantitative estimate of drug-likeness (QED) is 0.594. The first-order valence-corrected chi connectivity index (χ1v) is 13.2. The lowest BCUT2D eigenvalue weighted by atomic mass is 9.98. The number of piperidine rings is 1. The lowest BCUT2D eigenvalue weighted by Crippen LogP contribution is -2.44. The number of aromatic nitrogens is 1. The van der Waals surface area contributed by atoms with Crippen molar-refractivity contribution in [3.05, 3.63) is 46.3 Å². The molecule has 1 fully saturated rings. The molecule has 34 heavy (non-hydrogen) atoms. The van der Waals surface area contributed by atoms with Gasteiger partial charge in [-0.25, -0.2) is 13.2 Å². The standard InChI is InChI=1S/C25H35N3O5S/c1-7-28-18(5)22(25(30)33-8-2)23(19(28)6)34(31,32)27-14-10-12-20(15-27)24(29)26-21-13-9-11-16(3)17(21)4/h9,11,13,20H,7-8,10,12,14-15H2,1-6H3,(H,26,29)/t20-/m0/s1. The summed E-state index contributed by atoms with van der Waals surface area (Å²) >= 11 is 0. The maximum Gasteiger partial charge on any atom is 0.341 e. The average molecular weight is 490 g/mol. The van der Waals surface area contributed by atoms with Crippen LogP contribution < -0.4 is 5.32 Å². The lowest BCUT2D eigenvalue weighted by molar-refractivity contribution is -0.120. The van der Waals surface area contributed by atoms with Crippen molar-refractivity contribution in [1.29, 1.82) is 0 Å². The van der Waals surface area contributed by atoms with Crippen molar-refractivity contribution in [1.82, 2.24) is 8.87 Å². The van der Waals surface area contributed by atoms with Crippen LogP contribution >= 0.6 is 0 Å². The largest absolute Gasteiger partial charge is 0.462 e. The molecule has 8 nitrogen and oxygen atoms in total. The van der Waals surface area contributed by atoms with Crippen LogP contribution in [0.1, 0.15) is 59.6 Å². The van der Waals surface area contributed by atoms with Gasteiger partial charge in [0.25, 0.3) is 0 Å². The Balaban J connectivity index is 1.92. The first-order valence-electron chi connectivity index (χ1n) is 11.8. The average Bonchev–Trinajstić information content (AvgIpc) is 3.07. The summed E-state index contributed by atoms with van der Waals surface area (Å²) < 4.78 is 36.0. The van der Waals surface area contributed by atoms with Crippen LogP contribution in [-0.4, -0.2) is 48.9 Å². The Morgan fingerprint density at radius 3 is 2.47 bits per heavy atom. The number of nitrogens with zero attached hydrogens (tertiary/aromatic N) is 2. The van der Waals surface area contributed by atoms with Gasteiger partial charge in [-0.15, -0.1) is 0 Å². The highest BCUT2D eigenvalue weighted by molar-refractivity contribution is 7.89. The predicted molar refractivity (Wildman–Crippen MR) is 132 cm³/mol. The van der Waals surface area contributed by atoms with Gasteiger partial charge in [0.05, 0.1) is 12.5 Å². The number of benzene rings is 1. The van der Waals surface area contributed by atoms with Crippen LogP contribution in [0.5, 0.6) is 0 Å². The van der Waals surface area contributed by atoms with Crippen molar-refractivity contribution >= 4 is 27.6 Å². The fourth-order valence-corrected chi connectivity index (χ4v) is 6.69. The van der Waals surface area contributed by atoms with E-state index in [1.54, 1.807) is 20.8 Å². The summed E-state index contributed by atoms with van der Waals surface area (Å²) in [5, 5.41) is 2.97. The number of anilines is 1. The van der Waals surface area contributed by atoms with E-state index in [0.29, 0.717) is 37.3 Å². The van der Waals surface area contributed by atoms with Crippen molar-refractivity contribution in [3.8, 4) is 0 Å². The first-order chi connectivity index (χ1) is 16.0. The second-order valence-corrected chi connectivity index (χ2v) is 10.7. The molecule has 1 N–H and O–H groups in total. The molecule has 0 unspecified atom stereocenters. The second-order valence-electron chi connectivity index (χ2n) is 8.78. The van der Waals surface area contributed by atoms with Gasteiger partial charge in [0.1, 0.15) is 10.5 Å². The Labute approximate surface area is 202 Å². The predicted octanol–water partition coefficient (Wildman–Crippen LogP) is 3.96. The first kappa shape index (κ1) is 26.0. The van der Waals surface area contributed by atoms with E-state index in [4.69, 9.17) is 4.74 Å². The third-order valence-electron chi connectivity index (χ3n) is 6.74. The number of sulfonamides is 1. The highest BCUT2D eigenvalue weighted by Gasteiger charge is 2.39. The molecule has 1 aromatic heterocycles. The number of aryl methyl sites for hydroxylation is 1. The topological polar surface area (TPSA) is 97.7 Å². The van der Waals surface area contributed by atoms with E-state index in [1.165, 1.54) is 4.31 Å². The Morgan fingerprint density at radius 1 is 1.12 bits per heavy atom. The Bertz CT molecular complexity index is 1200. The molecule has 0 radical (unpaired) electrons. The van der Waals surface area contributed by atoms with Crippen molar-refractivity contribution in [2.75, 3.05) is 25.0 Å². The van der Waals surface area contributed by atoms with Crippen LogP contribution in [0.3, 0.4) is 0 Å². The number of rotatable bonds is 7. The van der Waals surface area contributed by atoms with Gasteiger partial charge in [-0.3, -0.25) is 4.79 Å². The summed E-state index contributed by atoms with van der Waals surface area (Å²) in [4.78, 5) is 25.8. The molecule has 186 valence electrons. The zero-order chi connectivity index (χ0) is 25.2. The molecule has 1 amide bonds. The van der Waals surface area contributed by atoms with E-state index in [0.717, 1.165) is 16.8 Å². The summed E-state index contributed by atoms with van der Waals surface area (Å²) in [6.45, 7) is 12.0. The van der Waals surface area contributed by atoms with Gasteiger partial charge in [0, 0.05) is 36.7 Å². The fourth-order valence-electron chi connectivity index (χ4n) is 4.71. The van der Waals surface area contributed by atoms with Crippen LogP contribution in [-0.2, 0) is 26.1 Å². The monoisotopic (exact) mass is 489 g/mol. The van der Waals surface area contributed by atoms with Crippen LogP contribution in [0.15, 0.2) is 23.1 Å². The zero-order valence-electron chi connectivity index (χ0n) is 20.9. The van der Waals surface area contributed by atoms with E-state index < -0.39 is 21.9 Å². The molecule has 1 saturated heterocycles. The highest BCUT2D eigenvalue weighted by atomic mass is 32.2. The second kappa shape index (κ2) is 10.3. The molecule has 1 aromatic carbocycles. The minimum Gasteiger partial charge on any atom is -0.462 e. The van der Waals surface area contributed by atoms with Gasteiger partial charge in [-0.1, -0.05) is 12.1 Å². The van der Waals surface area contributed by atoms with Crippen molar-refractivity contribution < 1.29 is 22.7 Å². The summed E-state index contributed by atoms with van der Waals surface area (Å²) in [7, 11) is -4.02. The molecule has 0 bridgehead atoms. The van der Waals surface area contributed by atoms with E-state index in [-0.39, 0.29) is 29.5 Å². The highest BCUT2D eigenvalue weighted by Crippen LogP contribution is 2.33. The summed E-state index contributed by atoms with van der Waals surface area (Å²) in [5.41, 5.74) is 3.96. The van der Waals surface area contributed by atoms with Crippen molar-refractivity contribution in [2.45, 2.75) is 65.8 Å². The molecular weight excluding hydrogens is 454 g/mol. The molecule has 3 rings (SSSR count). The van der Waals surface area contributed by atoms with Crippen LogP contribution in [0.4, 0.5) is 5.69 Å². The minimum atomic E-state index is -4.02. The molecule has 1 atom stereocenters. The van der Waals surface area contributed by atoms with Crippen LogP contribution in [0.25, 0.3) is 0 Å². The van der Waals surface area contributed by atoms with Gasteiger partial charge in [0.15, 0.2) is 0 Å². The Morgan fingerprint density at radius 2 is 1.82 bits per heavy atom. The molecule has 0 spiro atoms. The molecule has 1 aliphatic rings. The number of esters is 1. The van der Waals surface area contributed by atoms with Gasteiger partial charge in [-0.2, -0.15) is 4.31 Å². The van der Waals surface area contributed by atoms with Gasteiger partial charge in [-0.05, 0) is 71.6 Å². The Kier molecular flexibility index (Phi) is 7.88. The summed E-state index contributed by atoms with van der Waals surface area (Å²) in [6, 6.07) is 5.71. The molecule has 0 aliphatic carbocycles. The molecule has 0 saturated carbocycles. The zero-order valence-corrected chi connectivity index (χ0v) is 21.7.